The van der Waals surface area contributed by atoms with Crippen LogP contribution in [0, 0.1) is 0 Å². The highest BCUT2D eigenvalue weighted by molar-refractivity contribution is 8.02. The lowest BCUT2D eigenvalue weighted by Gasteiger charge is -2.39. The monoisotopic (exact) mass is 314 g/mol. The molecule has 2 nitrogen and oxygen atoms in total. The van der Waals surface area contributed by atoms with E-state index in [4.69, 9.17) is 18.0 Å². The number of thiocarbonyl (C=S) groups is 1. The zero-order valence-corrected chi connectivity index (χ0v) is 14.1. The first kappa shape index (κ1) is 15.3. The quantitative estimate of drug-likeness (QED) is 0.845. The van der Waals surface area contributed by atoms with Crippen molar-refractivity contribution in [2.75, 3.05) is 19.3 Å². The van der Waals surface area contributed by atoms with Gasteiger partial charge in [0.25, 0.3) is 0 Å². The molecule has 0 radical (unpaired) electrons. The molecule has 1 aliphatic heterocycles. The molecule has 0 aromatic carbocycles. The third-order valence-corrected chi connectivity index (χ3v) is 7.09. The van der Waals surface area contributed by atoms with Crippen molar-refractivity contribution in [2.45, 2.75) is 37.5 Å². The van der Waals surface area contributed by atoms with Crippen LogP contribution in [0.4, 0.5) is 0 Å². The molecular weight excluding hydrogens is 292 g/mol. The first-order valence-electron chi connectivity index (χ1n) is 6.74. The maximum absolute atomic E-state index is 5.93. The van der Waals surface area contributed by atoms with Gasteiger partial charge in [-0.15, -0.1) is 11.3 Å². The van der Waals surface area contributed by atoms with Crippen molar-refractivity contribution in [3.05, 3.63) is 21.9 Å². The van der Waals surface area contributed by atoms with Crippen molar-refractivity contribution in [1.82, 2.24) is 4.90 Å². The summed E-state index contributed by atoms with van der Waals surface area (Å²) >= 11 is 9.02. The Labute approximate surface area is 129 Å². The van der Waals surface area contributed by atoms with Crippen molar-refractivity contribution in [3.63, 3.8) is 0 Å². The van der Waals surface area contributed by atoms with Crippen LogP contribution in [0.1, 0.15) is 29.5 Å². The van der Waals surface area contributed by atoms with Gasteiger partial charge in [-0.2, -0.15) is 11.8 Å². The molecule has 2 N–H and O–H groups in total. The van der Waals surface area contributed by atoms with E-state index in [0.717, 1.165) is 38.9 Å². The Kier molecular flexibility index (Phi) is 5.29. The van der Waals surface area contributed by atoms with E-state index in [-0.39, 0.29) is 4.75 Å². The number of hydrogen-bond donors (Lipinski definition) is 1. The highest BCUT2D eigenvalue weighted by atomic mass is 32.2. The number of aryl methyl sites for hydroxylation is 1. The fourth-order valence-electron chi connectivity index (χ4n) is 2.54. The Hall–Kier alpha value is -0.100. The largest absolute Gasteiger partial charge is 0.392 e. The van der Waals surface area contributed by atoms with Crippen LogP contribution in [0.25, 0.3) is 0 Å². The van der Waals surface area contributed by atoms with Crippen molar-refractivity contribution < 1.29 is 0 Å². The van der Waals surface area contributed by atoms with Crippen molar-refractivity contribution in [3.8, 4) is 0 Å². The van der Waals surface area contributed by atoms with Crippen LogP contribution in [0.2, 0.25) is 0 Å². The van der Waals surface area contributed by atoms with Crippen LogP contribution >= 0.6 is 35.3 Å². The van der Waals surface area contributed by atoms with Gasteiger partial charge in [-0.3, -0.25) is 4.90 Å². The lowest BCUT2D eigenvalue weighted by Crippen LogP contribution is -2.48. The zero-order chi connectivity index (χ0) is 13.9. The summed E-state index contributed by atoms with van der Waals surface area (Å²) in [5.74, 6) is 0. The zero-order valence-electron chi connectivity index (χ0n) is 11.6. The number of thiophene rings is 1. The molecule has 1 aromatic heterocycles. The molecule has 0 aliphatic carbocycles. The van der Waals surface area contributed by atoms with E-state index in [9.17, 15) is 0 Å². The van der Waals surface area contributed by atoms with Gasteiger partial charge in [-0.25, -0.2) is 0 Å². The van der Waals surface area contributed by atoms with Crippen LogP contribution in [0.3, 0.4) is 0 Å². The predicted molar refractivity (Wildman–Crippen MR) is 91.2 cm³/mol. The lowest BCUT2D eigenvalue weighted by atomic mass is 9.95. The normalized spacial score (nSPS) is 19.5. The summed E-state index contributed by atoms with van der Waals surface area (Å²) in [5, 5.41) is 0. The fourth-order valence-corrected chi connectivity index (χ4v) is 4.79. The molecule has 1 saturated heterocycles. The second-order valence-corrected chi connectivity index (χ2v) is 7.94. The highest BCUT2D eigenvalue weighted by Crippen LogP contribution is 2.35. The average molecular weight is 315 g/mol. The topological polar surface area (TPSA) is 29.3 Å². The molecule has 106 valence electrons. The van der Waals surface area contributed by atoms with Gasteiger partial charge in [-0.05, 0) is 37.7 Å². The van der Waals surface area contributed by atoms with E-state index in [1.54, 1.807) is 0 Å². The van der Waals surface area contributed by atoms with Gasteiger partial charge in [0, 0.05) is 29.4 Å². The van der Waals surface area contributed by atoms with Crippen LogP contribution in [0.15, 0.2) is 12.1 Å². The summed E-state index contributed by atoms with van der Waals surface area (Å²) in [4.78, 5) is 6.17. The van der Waals surface area contributed by atoms with Crippen molar-refractivity contribution in [2.24, 2.45) is 5.73 Å². The van der Waals surface area contributed by atoms with Gasteiger partial charge in [0.15, 0.2) is 0 Å². The molecule has 1 fully saturated rings. The number of rotatable bonds is 5. The molecule has 0 atom stereocenters. The first-order chi connectivity index (χ1) is 9.09. The summed E-state index contributed by atoms with van der Waals surface area (Å²) in [7, 11) is 0. The maximum Gasteiger partial charge on any atom is 0.0891 e. The predicted octanol–water partition coefficient (Wildman–Crippen LogP) is 3.29. The number of hydrogen-bond acceptors (Lipinski definition) is 4. The smallest absolute Gasteiger partial charge is 0.0891 e. The summed E-state index contributed by atoms with van der Waals surface area (Å²) in [6.07, 6.45) is 5.42. The van der Waals surface area contributed by atoms with Gasteiger partial charge in [0.2, 0.25) is 0 Å². The third kappa shape index (κ3) is 3.51. The van der Waals surface area contributed by atoms with Crippen molar-refractivity contribution >= 4 is 40.3 Å². The van der Waals surface area contributed by atoms with Crippen LogP contribution in [-0.4, -0.2) is 34.0 Å². The van der Waals surface area contributed by atoms with Crippen LogP contribution < -0.4 is 5.73 Å². The standard InChI is InChI=1S/C14H22N2S3/c1-3-11-4-5-12(19-11)10-16-8-6-14(18-2,7-9-16)13(15)17/h4-5H,3,6-10H2,1-2H3,(H2,15,17). The Morgan fingerprint density at radius 3 is 2.53 bits per heavy atom. The molecule has 5 heteroatoms. The summed E-state index contributed by atoms with van der Waals surface area (Å²) < 4.78 is 0.0376. The molecule has 1 aromatic rings. The molecule has 0 saturated carbocycles. The Morgan fingerprint density at radius 1 is 1.42 bits per heavy atom. The Bertz CT molecular complexity index is 434. The van der Waals surface area contributed by atoms with E-state index < -0.39 is 0 Å². The van der Waals surface area contributed by atoms with E-state index in [1.807, 2.05) is 23.1 Å². The van der Waals surface area contributed by atoms with Gasteiger partial charge in [0.1, 0.15) is 0 Å². The second-order valence-electron chi connectivity index (χ2n) is 5.06. The molecule has 0 unspecified atom stereocenters. The van der Waals surface area contributed by atoms with E-state index in [2.05, 4.69) is 30.2 Å². The fraction of sp³-hybridized carbons (Fsp3) is 0.643. The Balaban J connectivity index is 1.91. The number of thioether (sulfide) groups is 1. The highest BCUT2D eigenvalue weighted by Gasteiger charge is 2.36. The first-order valence-corrected chi connectivity index (χ1v) is 9.19. The Morgan fingerprint density at radius 2 is 2.05 bits per heavy atom. The van der Waals surface area contributed by atoms with Crippen LogP contribution in [0.5, 0.6) is 0 Å². The molecule has 1 aliphatic rings. The maximum atomic E-state index is 5.93. The van der Waals surface area contributed by atoms with Crippen molar-refractivity contribution in [1.29, 1.82) is 0 Å². The number of likely N-dealkylation sites (tertiary alicyclic amines) is 1. The van der Waals surface area contributed by atoms with Gasteiger partial charge < -0.3 is 5.73 Å². The molecule has 0 spiro atoms. The van der Waals surface area contributed by atoms with Crippen LogP contribution in [-0.2, 0) is 13.0 Å². The summed E-state index contributed by atoms with van der Waals surface area (Å²) in [6.45, 7) is 5.48. The molecular formula is C14H22N2S3. The second kappa shape index (κ2) is 6.57. The lowest BCUT2D eigenvalue weighted by molar-refractivity contribution is 0.214. The molecule has 0 amide bonds. The summed E-state index contributed by atoms with van der Waals surface area (Å²) in [5.41, 5.74) is 5.93. The number of nitrogens with zero attached hydrogens (tertiary/aromatic N) is 1. The molecule has 0 bridgehead atoms. The minimum atomic E-state index is 0.0376. The van der Waals surface area contributed by atoms with Gasteiger partial charge in [0.05, 0.1) is 9.74 Å². The molecule has 2 rings (SSSR count). The SMILES string of the molecule is CCc1ccc(CN2CCC(SC)(C(N)=S)CC2)s1. The minimum Gasteiger partial charge on any atom is -0.392 e. The molecule has 2 heterocycles. The van der Waals surface area contributed by atoms with Gasteiger partial charge in [-0.1, -0.05) is 19.1 Å². The summed E-state index contributed by atoms with van der Waals surface area (Å²) in [6, 6.07) is 4.53. The number of nitrogens with two attached hydrogens (primary N) is 1. The third-order valence-electron chi connectivity index (χ3n) is 3.95. The molecule has 19 heavy (non-hydrogen) atoms. The van der Waals surface area contributed by atoms with E-state index in [1.165, 1.54) is 9.75 Å². The minimum absolute atomic E-state index is 0.0376. The van der Waals surface area contributed by atoms with Gasteiger partial charge >= 0.3 is 0 Å². The van der Waals surface area contributed by atoms with E-state index in [0.29, 0.717) is 4.99 Å². The van der Waals surface area contributed by atoms with E-state index >= 15 is 0 Å². The number of piperidine rings is 1. The average Bonchev–Trinajstić information content (AvgIpc) is 2.87.